The topological polar surface area (TPSA) is 66.4 Å². The van der Waals surface area contributed by atoms with Crippen LogP contribution in [0.4, 0.5) is 5.69 Å². The molecule has 0 radical (unpaired) electrons. The van der Waals surface area contributed by atoms with Gasteiger partial charge in [0.15, 0.2) is 0 Å². The summed E-state index contributed by atoms with van der Waals surface area (Å²) in [5.74, 6) is -1.65. The fourth-order valence-corrected chi connectivity index (χ4v) is 1.54. The van der Waals surface area contributed by atoms with Gasteiger partial charge in [0.1, 0.15) is 5.38 Å². The van der Waals surface area contributed by atoms with Crippen molar-refractivity contribution < 1.29 is 14.7 Å². The van der Waals surface area contributed by atoms with Crippen LogP contribution < -0.4 is 5.32 Å². The molecule has 0 aliphatic carbocycles. The number of anilines is 1. The quantitative estimate of drug-likeness (QED) is 0.836. The number of halogens is 2. The lowest BCUT2D eigenvalue weighted by atomic mass is 10.1. The molecule has 0 unspecified atom stereocenters. The van der Waals surface area contributed by atoms with Crippen LogP contribution in [0.3, 0.4) is 0 Å². The van der Waals surface area contributed by atoms with Crippen LogP contribution in [-0.2, 0) is 4.79 Å². The Hall–Kier alpha value is -1.26. The van der Waals surface area contributed by atoms with Gasteiger partial charge in [-0.15, -0.1) is 11.6 Å². The Morgan fingerprint density at radius 1 is 1.33 bits per heavy atom. The molecule has 6 heteroatoms. The summed E-state index contributed by atoms with van der Waals surface area (Å²) in [4.78, 5) is 22.8. The van der Waals surface area contributed by atoms with Crippen LogP contribution in [0, 0.1) is 5.92 Å². The van der Waals surface area contributed by atoms with Crippen molar-refractivity contribution in [1.29, 1.82) is 0 Å². The van der Waals surface area contributed by atoms with Gasteiger partial charge in [-0.1, -0.05) is 25.4 Å². The molecule has 0 bridgehead atoms. The van der Waals surface area contributed by atoms with Gasteiger partial charge in [-0.3, -0.25) is 4.79 Å². The largest absolute Gasteiger partial charge is 0.478 e. The molecule has 0 fully saturated rings. The van der Waals surface area contributed by atoms with E-state index in [4.69, 9.17) is 28.3 Å². The summed E-state index contributed by atoms with van der Waals surface area (Å²) < 4.78 is 0. The fraction of sp³-hybridized carbons (Fsp3) is 0.333. The highest BCUT2D eigenvalue weighted by molar-refractivity contribution is 6.33. The predicted molar refractivity (Wildman–Crippen MR) is 71.5 cm³/mol. The third-order valence-corrected chi connectivity index (χ3v) is 3.24. The zero-order chi connectivity index (χ0) is 13.9. The molecule has 18 heavy (non-hydrogen) atoms. The molecule has 1 atom stereocenters. The summed E-state index contributed by atoms with van der Waals surface area (Å²) >= 11 is 11.7. The lowest BCUT2D eigenvalue weighted by Crippen LogP contribution is -2.28. The zero-order valence-corrected chi connectivity index (χ0v) is 11.4. The molecule has 0 aromatic heterocycles. The van der Waals surface area contributed by atoms with E-state index in [0.717, 1.165) is 0 Å². The van der Waals surface area contributed by atoms with E-state index in [2.05, 4.69) is 5.32 Å². The van der Waals surface area contributed by atoms with Crippen molar-refractivity contribution in [3.8, 4) is 0 Å². The molecule has 0 heterocycles. The van der Waals surface area contributed by atoms with Gasteiger partial charge in [0.2, 0.25) is 5.91 Å². The number of carbonyl (C=O) groups is 2. The Bertz CT molecular complexity index is 474. The average molecular weight is 290 g/mol. The van der Waals surface area contributed by atoms with Crippen molar-refractivity contribution in [2.45, 2.75) is 19.2 Å². The maximum absolute atomic E-state index is 11.8. The molecule has 1 aromatic carbocycles. The summed E-state index contributed by atoms with van der Waals surface area (Å²) in [6.07, 6.45) is 0. The van der Waals surface area contributed by atoms with Crippen LogP contribution in [0.25, 0.3) is 0 Å². The van der Waals surface area contributed by atoms with E-state index in [0.29, 0.717) is 5.02 Å². The number of amides is 1. The minimum absolute atomic E-state index is 0.0274. The maximum atomic E-state index is 11.8. The number of carboxylic acids is 1. The van der Waals surface area contributed by atoms with E-state index >= 15 is 0 Å². The smallest absolute Gasteiger partial charge is 0.337 e. The van der Waals surface area contributed by atoms with E-state index in [1.807, 2.05) is 0 Å². The number of aromatic carboxylic acids is 1. The van der Waals surface area contributed by atoms with Gasteiger partial charge in [0, 0.05) is 5.02 Å². The molecule has 0 saturated carbocycles. The number of rotatable bonds is 4. The first-order valence-electron chi connectivity index (χ1n) is 5.30. The van der Waals surface area contributed by atoms with Crippen LogP contribution in [0.5, 0.6) is 0 Å². The Labute approximate surface area is 115 Å². The van der Waals surface area contributed by atoms with Crippen LogP contribution in [0.2, 0.25) is 5.02 Å². The third kappa shape index (κ3) is 3.62. The minimum atomic E-state index is -1.14. The summed E-state index contributed by atoms with van der Waals surface area (Å²) in [5, 5.41) is 11.1. The highest BCUT2D eigenvalue weighted by Crippen LogP contribution is 2.22. The maximum Gasteiger partial charge on any atom is 0.337 e. The van der Waals surface area contributed by atoms with Crippen molar-refractivity contribution >= 4 is 40.8 Å². The van der Waals surface area contributed by atoms with Gasteiger partial charge >= 0.3 is 5.97 Å². The van der Waals surface area contributed by atoms with Crippen molar-refractivity contribution in [3.05, 3.63) is 28.8 Å². The molecule has 1 rings (SSSR count). The molecule has 1 amide bonds. The molecule has 4 nitrogen and oxygen atoms in total. The predicted octanol–water partition coefficient (Wildman–Crippen LogP) is 3.24. The van der Waals surface area contributed by atoms with Crippen LogP contribution in [0.15, 0.2) is 18.2 Å². The lowest BCUT2D eigenvalue weighted by Gasteiger charge is -2.14. The van der Waals surface area contributed by atoms with Gasteiger partial charge in [-0.2, -0.15) is 0 Å². The normalized spacial score (nSPS) is 12.3. The van der Waals surface area contributed by atoms with Crippen LogP contribution in [0.1, 0.15) is 24.2 Å². The molecular formula is C12H13Cl2NO3. The minimum Gasteiger partial charge on any atom is -0.478 e. The second-order valence-corrected chi connectivity index (χ2v) is 5.04. The van der Waals surface area contributed by atoms with Crippen LogP contribution >= 0.6 is 23.2 Å². The Balaban J connectivity index is 2.99. The molecule has 98 valence electrons. The van der Waals surface area contributed by atoms with Gasteiger partial charge in [-0.25, -0.2) is 4.79 Å². The van der Waals surface area contributed by atoms with E-state index in [1.165, 1.54) is 18.2 Å². The molecule has 1 aromatic rings. The summed E-state index contributed by atoms with van der Waals surface area (Å²) in [5.41, 5.74) is 0.117. The highest BCUT2D eigenvalue weighted by Gasteiger charge is 2.21. The number of hydrogen-bond donors (Lipinski definition) is 2. The van der Waals surface area contributed by atoms with E-state index in [-0.39, 0.29) is 17.2 Å². The molecule has 0 aliphatic rings. The first-order chi connectivity index (χ1) is 8.32. The monoisotopic (exact) mass is 289 g/mol. The van der Waals surface area contributed by atoms with Gasteiger partial charge in [-0.05, 0) is 24.1 Å². The van der Waals surface area contributed by atoms with E-state index < -0.39 is 17.3 Å². The van der Waals surface area contributed by atoms with Crippen molar-refractivity contribution in [3.63, 3.8) is 0 Å². The van der Waals surface area contributed by atoms with E-state index in [9.17, 15) is 9.59 Å². The van der Waals surface area contributed by atoms with Crippen molar-refractivity contribution in [1.82, 2.24) is 0 Å². The lowest BCUT2D eigenvalue weighted by molar-refractivity contribution is -0.116. The number of alkyl halides is 1. The summed E-state index contributed by atoms with van der Waals surface area (Å²) in [6.45, 7) is 3.60. The molecular weight excluding hydrogens is 277 g/mol. The summed E-state index contributed by atoms with van der Waals surface area (Å²) in [6, 6.07) is 4.16. The molecule has 2 N–H and O–H groups in total. The highest BCUT2D eigenvalue weighted by atomic mass is 35.5. The Morgan fingerprint density at radius 3 is 2.44 bits per heavy atom. The second kappa shape index (κ2) is 6.07. The second-order valence-electron chi connectivity index (χ2n) is 4.13. The van der Waals surface area contributed by atoms with Gasteiger partial charge in [0.25, 0.3) is 0 Å². The van der Waals surface area contributed by atoms with Crippen LogP contribution in [-0.4, -0.2) is 22.4 Å². The van der Waals surface area contributed by atoms with Gasteiger partial charge in [0.05, 0.1) is 11.3 Å². The number of benzene rings is 1. The van der Waals surface area contributed by atoms with Gasteiger partial charge < -0.3 is 10.4 Å². The number of carboxylic acid groups (broad SMARTS) is 1. The van der Waals surface area contributed by atoms with Crippen molar-refractivity contribution in [2.24, 2.45) is 5.92 Å². The number of carbonyl (C=O) groups excluding carboxylic acids is 1. The molecule has 0 spiro atoms. The first-order valence-corrected chi connectivity index (χ1v) is 6.12. The number of hydrogen-bond acceptors (Lipinski definition) is 2. The molecule has 0 aliphatic heterocycles. The Morgan fingerprint density at radius 2 is 1.94 bits per heavy atom. The summed E-state index contributed by atoms with van der Waals surface area (Å²) in [7, 11) is 0. The number of nitrogens with one attached hydrogen (secondary N) is 1. The van der Waals surface area contributed by atoms with Crippen molar-refractivity contribution in [2.75, 3.05) is 5.32 Å². The standard InChI is InChI=1S/C12H13Cl2NO3/c1-6(2)10(14)11(16)15-9-5-7(13)3-4-8(9)12(17)18/h3-6,10H,1-2H3,(H,15,16)(H,17,18)/t10-/m0/s1. The van der Waals surface area contributed by atoms with E-state index in [1.54, 1.807) is 13.8 Å². The fourth-order valence-electron chi connectivity index (χ4n) is 1.31. The Kier molecular flexibility index (Phi) is 4.99. The molecule has 0 saturated heterocycles. The first kappa shape index (κ1) is 14.8. The third-order valence-electron chi connectivity index (χ3n) is 2.31. The SMILES string of the molecule is CC(C)[C@H](Cl)C(=O)Nc1cc(Cl)ccc1C(=O)O. The zero-order valence-electron chi connectivity index (χ0n) is 9.91. The average Bonchev–Trinajstić information content (AvgIpc) is 2.27.